The van der Waals surface area contributed by atoms with E-state index in [0.717, 1.165) is 94.8 Å². The third-order valence-electron chi connectivity index (χ3n) is 13.2. The number of benzene rings is 8. The Labute approximate surface area is 370 Å². The largest absolute Gasteiger partial charge is 0.236 e. The molecule has 0 N–H and O–H groups in total. The van der Waals surface area contributed by atoms with E-state index >= 15 is 0 Å². The average Bonchev–Trinajstić information content (AvgIpc) is 3.75. The Bertz CT molecular complexity index is 3680. The standard InChI is InChI=1S/C57H34N4O2S/c62-64(63)51-26-14-11-23-44(51)54-52(64)30-29-47-53(54)43-22-10-13-25-46(43)57(47)45-24-12-9-21-41(45)39-19-7-8-20-40(39)42-28-27-37(31-48(42)57)50-32-49(35-15-3-1-4-16-35)60-56(61-50)38-33-58-55(59-34-38)36-17-5-2-6-18-36/h1-34H. The van der Waals surface area contributed by atoms with Crippen LogP contribution in [0.2, 0.25) is 0 Å². The van der Waals surface area contributed by atoms with Crippen LogP contribution in [-0.2, 0) is 15.3 Å². The summed E-state index contributed by atoms with van der Waals surface area (Å²) in [7, 11) is -3.74. The van der Waals surface area contributed by atoms with Crippen molar-refractivity contribution in [2.75, 3.05) is 0 Å². The van der Waals surface area contributed by atoms with Gasteiger partial charge in [0.05, 0.1) is 32.2 Å². The number of hydrogen-bond donors (Lipinski definition) is 0. The maximum atomic E-state index is 14.3. The summed E-state index contributed by atoms with van der Waals surface area (Å²) in [6.45, 7) is 0. The van der Waals surface area contributed by atoms with Crippen LogP contribution in [0.1, 0.15) is 22.3 Å². The zero-order valence-corrected chi connectivity index (χ0v) is 35.0. The molecule has 2 aliphatic carbocycles. The van der Waals surface area contributed by atoms with Gasteiger partial charge in [0, 0.05) is 40.2 Å². The summed E-state index contributed by atoms with van der Waals surface area (Å²) >= 11 is 0. The number of rotatable bonds is 4. The second-order valence-electron chi connectivity index (χ2n) is 16.5. The molecule has 0 saturated heterocycles. The molecule has 1 spiro atoms. The van der Waals surface area contributed by atoms with Gasteiger partial charge < -0.3 is 0 Å². The van der Waals surface area contributed by atoms with Gasteiger partial charge in [0.1, 0.15) is 0 Å². The summed E-state index contributed by atoms with van der Waals surface area (Å²) in [6.07, 6.45) is 3.60. The Morgan fingerprint density at radius 1 is 0.344 bits per heavy atom. The minimum atomic E-state index is -3.74. The molecule has 300 valence electrons. The second kappa shape index (κ2) is 13.7. The van der Waals surface area contributed by atoms with Crippen LogP contribution in [0.5, 0.6) is 0 Å². The molecular weight excluding hydrogens is 805 g/mol. The van der Waals surface area contributed by atoms with E-state index in [-0.39, 0.29) is 0 Å². The molecule has 0 radical (unpaired) electrons. The smallest absolute Gasteiger partial charge is 0.207 e. The van der Waals surface area contributed by atoms with Gasteiger partial charge in [-0.3, -0.25) is 0 Å². The second-order valence-corrected chi connectivity index (χ2v) is 18.4. The van der Waals surface area contributed by atoms with Crippen LogP contribution in [0.4, 0.5) is 0 Å². The first-order chi connectivity index (χ1) is 31.5. The molecule has 0 saturated carbocycles. The Morgan fingerprint density at radius 3 is 1.59 bits per heavy atom. The molecule has 1 aliphatic heterocycles. The van der Waals surface area contributed by atoms with Crippen molar-refractivity contribution < 1.29 is 8.42 Å². The highest BCUT2D eigenvalue weighted by molar-refractivity contribution is 7.92. The lowest BCUT2D eigenvalue weighted by Crippen LogP contribution is -2.29. The average molecular weight is 839 g/mol. The molecule has 0 fully saturated rings. The minimum Gasteiger partial charge on any atom is -0.236 e. The van der Waals surface area contributed by atoms with Crippen LogP contribution in [0.15, 0.2) is 216 Å². The van der Waals surface area contributed by atoms with E-state index in [1.54, 1.807) is 18.5 Å². The van der Waals surface area contributed by atoms with Gasteiger partial charge in [0.25, 0.3) is 0 Å². The summed E-state index contributed by atoms with van der Waals surface area (Å²) in [5.41, 5.74) is 16.5. The van der Waals surface area contributed by atoms with Gasteiger partial charge in [-0.1, -0.05) is 170 Å². The number of aromatic nitrogens is 4. The molecule has 8 aromatic carbocycles. The number of hydrogen-bond acceptors (Lipinski definition) is 6. The predicted octanol–water partition coefficient (Wildman–Crippen LogP) is 12.8. The van der Waals surface area contributed by atoms with Crippen molar-refractivity contribution in [3.8, 4) is 89.8 Å². The first-order valence-electron chi connectivity index (χ1n) is 21.3. The van der Waals surface area contributed by atoms with Crippen LogP contribution in [0, 0.1) is 0 Å². The molecule has 3 heterocycles. The van der Waals surface area contributed by atoms with E-state index < -0.39 is 15.3 Å². The molecule has 2 aromatic heterocycles. The lowest BCUT2D eigenvalue weighted by Gasteiger charge is -2.35. The fraction of sp³-hybridized carbons (Fsp3) is 0.0175. The predicted molar refractivity (Wildman–Crippen MR) is 252 cm³/mol. The quantitative estimate of drug-likeness (QED) is 0.175. The SMILES string of the molecule is O=S1(=O)c2ccccc2-c2c1ccc1c2-c2ccccc2C12c1ccccc1-c1ccccc1-c1ccc(-c3cc(-c4ccccc4)nc(-c4cnc(-c5ccccc5)nc4)n3)cc12. The summed E-state index contributed by atoms with van der Waals surface area (Å²) in [4.78, 5) is 20.6. The summed E-state index contributed by atoms with van der Waals surface area (Å²) in [6, 6.07) is 66.2. The van der Waals surface area contributed by atoms with Gasteiger partial charge in [-0.25, -0.2) is 28.4 Å². The molecular formula is C57H34N4O2S. The molecule has 0 bridgehead atoms. The van der Waals surface area contributed by atoms with Crippen molar-refractivity contribution in [2.24, 2.45) is 0 Å². The van der Waals surface area contributed by atoms with Gasteiger partial charge in [-0.2, -0.15) is 0 Å². The van der Waals surface area contributed by atoms with Crippen molar-refractivity contribution in [3.05, 3.63) is 229 Å². The van der Waals surface area contributed by atoms with Crippen LogP contribution in [0.3, 0.4) is 0 Å². The Kier molecular flexibility index (Phi) is 7.81. The summed E-state index contributed by atoms with van der Waals surface area (Å²) in [5, 5.41) is 0. The van der Waals surface area contributed by atoms with Crippen LogP contribution in [0.25, 0.3) is 89.8 Å². The van der Waals surface area contributed by atoms with Gasteiger partial charge in [0.2, 0.25) is 9.84 Å². The Hall–Kier alpha value is -8.13. The van der Waals surface area contributed by atoms with E-state index in [9.17, 15) is 8.42 Å². The van der Waals surface area contributed by atoms with Crippen molar-refractivity contribution in [1.82, 2.24) is 19.9 Å². The zero-order valence-electron chi connectivity index (χ0n) is 34.1. The molecule has 3 aliphatic rings. The van der Waals surface area contributed by atoms with Gasteiger partial charge in [0.15, 0.2) is 11.6 Å². The maximum Gasteiger partial charge on any atom is 0.207 e. The monoisotopic (exact) mass is 838 g/mol. The Balaban J connectivity index is 1.11. The van der Waals surface area contributed by atoms with E-state index in [1.807, 2.05) is 72.8 Å². The summed E-state index contributed by atoms with van der Waals surface area (Å²) in [5.74, 6) is 1.15. The molecule has 0 amide bonds. The van der Waals surface area contributed by atoms with Crippen molar-refractivity contribution in [3.63, 3.8) is 0 Å². The van der Waals surface area contributed by atoms with Gasteiger partial charge in [-0.15, -0.1) is 0 Å². The first-order valence-corrected chi connectivity index (χ1v) is 22.8. The first kappa shape index (κ1) is 36.5. The number of nitrogens with zero attached hydrogens (tertiary/aromatic N) is 4. The molecule has 1 atom stereocenters. The highest BCUT2D eigenvalue weighted by Crippen LogP contribution is 2.65. The summed E-state index contributed by atoms with van der Waals surface area (Å²) < 4.78 is 28.6. The van der Waals surface area contributed by atoms with E-state index in [2.05, 4.69) is 115 Å². The van der Waals surface area contributed by atoms with E-state index in [4.69, 9.17) is 19.9 Å². The molecule has 64 heavy (non-hydrogen) atoms. The van der Waals surface area contributed by atoms with Crippen LogP contribution in [-0.4, -0.2) is 28.4 Å². The fourth-order valence-corrected chi connectivity index (χ4v) is 12.2. The number of sulfone groups is 1. The topological polar surface area (TPSA) is 85.7 Å². The molecule has 7 heteroatoms. The number of fused-ring (bicyclic) bond motifs is 16. The van der Waals surface area contributed by atoms with E-state index in [0.29, 0.717) is 27.0 Å². The van der Waals surface area contributed by atoms with Crippen LogP contribution >= 0.6 is 0 Å². The van der Waals surface area contributed by atoms with Crippen molar-refractivity contribution >= 4 is 9.84 Å². The normalized spacial score (nSPS) is 15.5. The van der Waals surface area contributed by atoms with Gasteiger partial charge >= 0.3 is 0 Å². The lowest BCUT2D eigenvalue weighted by atomic mass is 9.65. The lowest BCUT2D eigenvalue weighted by molar-refractivity contribution is 0.598. The highest BCUT2D eigenvalue weighted by atomic mass is 32.2. The fourth-order valence-electron chi connectivity index (χ4n) is 10.5. The molecule has 6 nitrogen and oxygen atoms in total. The molecule has 10 aromatic rings. The van der Waals surface area contributed by atoms with Gasteiger partial charge in [-0.05, 0) is 79.9 Å². The van der Waals surface area contributed by atoms with Crippen molar-refractivity contribution in [2.45, 2.75) is 15.2 Å². The highest BCUT2D eigenvalue weighted by Gasteiger charge is 2.52. The third-order valence-corrected chi connectivity index (χ3v) is 15.1. The Morgan fingerprint density at radius 2 is 0.891 bits per heavy atom. The minimum absolute atomic E-state index is 0.348. The van der Waals surface area contributed by atoms with Crippen molar-refractivity contribution in [1.29, 1.82) is 0 Å². The molecule has 1 unspecified atom stereocenters. The maximum absolute atomic E-state index is 14.3. The molecule has 13 rings (SSSR count). The van der Waals surface area contributed by atoms with Crippen LogP contribution < -0.4 is 0 Å². The third kappa shape index (κ3) is 5.10. The van der Waals surface area contributed by atoms with E-state index in [1.165, 1.54) is 0 Å². The zero-order chi connectivity index (χ0) is 42.6.